The molecule has 3 aromatic rings. The zero-order valence-corrected chi connectivity index (χ0v) is 17.3. The molecule has 28 heavy (non-hydrogen) atoms. The largest absolute Gasteiger partial charge is 0.397 e. The Bertz CT molecular complexity index is 972. The number of hydrogen-bond acceptors (Lipinski definition) is 4. The van der Waals surface area contributed by atoms with Gasteiger partial charge in [-0.1, -0.05) is 31.2 Å². The maximum absolute atomic E-state index is 12.6. The predicted octanol–water partition coefficient (Wildman–Crippen LogP) is 5.21. The van der Waals surface area contributed by atoms with E-state index >= 15 is 0 Å². The van der Waals surface area contributed by atoms with Gasteiger partial charge in [-0.3, -0.25) is 9.36 Å². The van der Waals surface area contributed by atoms with E-state index in [9.17, 15) is 14.3 Å². The van der Waals surface area contributed by atoms with Crippen LogP contribution in [0.1, 0.15) is 35.2 Å². The summed E-state index contributed by atoms with van der Waals surface area (Å²) in [4.78, 5) is 23.0. The summed E-state index contributed by atoms with van der Waals surface area (Å²) in [6, 6.07) is 16.8. The number of nitrogen functional groups attached to an aromatic ring is 1. The summed E-state index contributed by atoms with van der Waals surface area (Å²) in [5, 5.41) is 4.88. The zero-order chi connectivity index (χ0) is 20.1. The van der Waals surface area contributed by atoms with Crippen LogP contribution >= 0.6 is 19.4 Å². The predicted molar refractivity (Wildman–Crippen MR) is 118 cm³/mol. The first kappa shape index (κ1) is 20.3. The van der Waals surface area contributed by atoms with Crippen molar-refractivity contribution in [2.45, 2.75) is 19.3 Å². The fourth-order valence-corrected chi connectivity index (χ4v) is 4.74. The number of hydrogen-bond donors (Lipinski definition) is 3. The molecular weight excluding hydrogens is 391 g/mol. The highest BCUT2D eigenvalue weighted by Crippen LogP contribution is 2.31. The standard InChI is InChI=1S/C21H23N2O3PS/c1-2-14(13-27(25)26)15-5-7-16(8-6-15)21(24)23-19-12-17(9-10-18(19)22)20-4-3-11-28-20/h3-12,14,27H,2,13,22H2,1H3,(H,23,24)(H,25,26). The lowest BCUT2D eigenvalue weighted by Gasteiger charge is -2.14. The molecule has 0 spiro atoms. The third-order valence-electron chi connectivity index (χ3n) is 4.67. The molecule has 2 unspecified atom stereocenters. The first-order valence-electron chi connectivity index (χ1n) is 9.04. The molecule has 5 nitrogen and oxygen atoms in total. The van der Waals surface area contributed by atoms with Gasteiger partial charge in [-0.25, -0.2) is 0 Å². The van der Waals surface area contributed by atoms with E-state index in [0.717, 1.165) is 22.4 Å². The summed E-state index contributed by atoms with van der Waals surface area (Å²) in [5.74, 6) is -0.225. The second-order valence-corrected chi connectivity index (χ2v) is 8.70. The molecule has 146 valence electrons. The van der Waals surface area contributed by atoms with Gasteiger partial charge < -0.3 is 15.9 Å². The maximum atomic E-state index is 12.6. The number of carbonyl (C=O) groups is 1. The van der Waals surface area contributed by atoms with E-state index in [4.69, 9.17) is 5.73 Å². The Hall–Kier alpha value is -2.40. The molecule has 1 heterocycles. The van der Waals surface area contributed by atoms with E-state index in [2.05, 4.69) is 5.32 Å². The fraction of sp³-hybridized carbons (Fsp3) is 0.190. The van der Waals surface area contributed by atoms with E-state index < -0.39 is 8.03 Å². The van der Waals surface area contributed by atoms with E-state index in [0.29, 0.717) is 16.9 Å². The Morgan fingerprint density at radius 1 is 1.21 bits per heavy atom. The number of thiophene rings is 1. The molecule has 0 aliphatic heterocycles. The van der Waals surface area contributed by atoms with Gasteiger partial charge in [0.05, 0.1) is 11.4 Å². The number of nitrogens with two attached hydrogens (primary N) is 1. The first-order chi connectivity index (χ1) is 13.5. The number of nitrogens with one attached hydrogen (secondary N) is 1. The number of amides is 1. The van der Waals surface area contributed by atoms with Crippen LogP contribution in [0.25, 0.3) is 10.4 Å². The molecule has 1 amide bonds. The number of rotatable bonds is 7. The molecular formula is C21H23N2O3PS. The fourth-order valence-electron chi connectivity index (χ4n) is 3.07. The van der Waals surface area contributed by atoms with E-state index in [1.54, 1.807) is 29.5 Å². The van der Waals surface area contributed by atoms with Gasteiger partial charge in [-0.15, -0.1) is 11.3 Å². The van der Waals surface area contributed by atoms with Crippen molar-refractivity contribution in [2.24, 2.45) is 0 Å². The number of carbonyl (C=O) groups excluding carboxylic acids is 1. The van der Waals surface area contributed by atoms with Gasteiger partial charge in [0.2, 0.25) is 0 Å². The molecule has 2 atom stereocenters. The molecule has 0 bridgehead atoms. The molecule has 1 aromatic heterocycles. The van der Waals surface area contributed by atoms with Gasteiger partial charge in [-0.05, 0) is 59.2 Å². The Kier molecular flexibility index (Phi) is 6.68. The van der Waals surface area contributed by atoms with Gasteiger partial charge in [0, 0.05) is 16.6 Å². The molecule has 3 rings (SSSR count). The Balaban J connectivity index is 1.76. The zero-order valence-electron chi connectivity index (χ0n) is 15.5. The summed E-state index contributed by atoms with van der Waals surface area (Å²) < 4.78 is 11.2. The second-order valence-electron chi connectivity index (χ2n) is 6.56. The van der Waals surface area contributed by atoms with Crippen molar-refractivity contribution in [3.8, 4) is 10.4 Å². The van der Waals surface area contributed by atoms with E-state index in [1.807, 2.05) is 48.7 Å². The topological polar surface area (TPSA) is 92.4 Å². The minimum absolute atomic E-state index is 0.0200. The number of anilines is 2. The Morgan fingerprint density at radius 2 is 1.96 bits per heavy atom. The second kappa shape index (κ2) is 9.20. The van der Waals surface area contributed by atoms with Gasteiger partial charge in [-0.2, -0.15) is 0 Å². The lowest BCUT2D eigenvalue weighted by Crippen LogP contribution is -2.13. The molecule has 2 aromatic carbocycles. The van der Waals surface area contributed by atoms with Crippen molar-refractivity contribution in [1.82, 2.24) is 0 Å². The first-order valence-corrected chi connectivity index (χ1v) is 11.5. The molecule has 0 saturated carbocycles. The molecule has 0 aliphatic carbocycles. The molecule has 7 heteroatoms. The van der Waals surface area contributed by atoms with Gasteiger partial charge in [0.15, 0.2) is 8.03 Å². The quantitative estimate of drug-likeness (QED) is 0.365. The van der Waals surface area contributed by atoms with Gasteiger partial charge in [0.25, 0.3) is 5.91 Å². The normalized spacial score (nSPS) is 13.1. The van der Waals surface area contributed by atoms with Crippen LogP contribution in [0.5, 0.6) is 0 Å². The van der Waals surface area contributed by atoms with E-state index in [1.165, 1.54) is 0 Å². The third kappa shape index (κ3) is 4.90. The minimum atomic E-state index is -2.53. The highest BCUT2D eigenvalue weighted by atomic mass is 32.1. The smallest absolute Gasteiger partial charge is 0.255 e. The minimum Gasteiger partial charge on any atom is -0.397 e. The summed E-state index contributed by atoms with van der Waals surface area (Å²) in [6.07, 6.45) is 1.04. The van der Waals surface area contributed by atoms with Crippen LogP contribution in [0.2, 0.25) is 0 Å². The van der Waals surface area contributed by atoms with E-state index in [-0.39, 0.29) is 18.0 Å². The Morgan fingerprint density at radius 3 is 2.57 bits per heavy atom. The van der Waals surface area contributed by atoms with Crippen molar-refractivity contribution in [3.63, 3.8) is 0 Å². The summed E-state index contributed by atoms with van der Waals surface area (Å²) in [7, 11) is -2.53. The van der Waals surface area contributed by atoms with Crippen molar-refractivity contribution >= 4 is 36.6 Å². The van der Waals surface area contributed by atoms with Gasteiger partial charge in [0.1, 0.15) is 0 Å². The SMILES string of the molecule is CCC(C[PH](=O)O)c1ccc(C(=O)Nc2cc(-c3cccs3)ccc2N)cc1. The lowest BCUT2D eigenvalue weighted by molar-refractivity contribution is 0.102. The van der Waals surface area contributed by atoms with Crippen LogP contribution in [0.4, 0.5) is 11.4 Å². The van der Waals surface area contributed by atoms with Crippen molar-refractivity contribution in [3.05, 3.63) is 71.1 Å². The van der Waals surface area contributed by atoms with Crippen LogP contribution in [0, 0.1) is 0 Å². The molecule has 0 radical (unpaired) electrons. The van der Waals surface area contributed by atoms with Crippen molar-refractivity contribution < 1.29 is 14.3 Å². The molecule has 0 aliphatic rings. The molecule has 0 saturated heterocycles. The summed E-state index contributed by atoms with van der Waals surface area (Å²) in [6.45, 7) is 1.99. The van der Waals surface area contributed by atoms with Crippen LogP contribution in [-0.2, 0) is 4.57 Å². The lowest BCUT2D eigenvalue weighted by atomic mass is 9.97. The van der Waals surface area contributed by atoms with Crippen LogP contribution in [-0.4, -0.2) is 17.0 Å². The van der Waals surface area contributed by atoms with Crippen LogP contribution < -0.4 is 11.1 Å². The molecule has 4 N–H and O–H groups in total. The highest BCUT2D eigenvalue weighted by molar-refractivity contribution is 7.38. The highest BCUT2D eigenvalue weighted by Gasteiger charge is 2.14. The van der Waals surface area contributed by atoms with Crippen molar-refractivity contribution in [1.29, 1.82) is 0 Å². The van der Waals surface area contributed by atoms with Crippen molar-refractivity contribution in [2.75, 3.05) is 17.2 Å². The average Bonchev–Trinajstić information content (AvgIpc) is 3.22. The average molecular weight is 414 g/mol. The number of benzene rings is 2. The monoisotopic (exact) mass is 414 g/mol. The third-order valence-corrected chi connectivity index (χ3v) is 6.43. The summed E-state index contributed by atoms with van der Waals surface area (Å²) in [5.41, 5.74) is 9.59. The molecule has 0 fully saturated rings. The van der Waals surface area contributed by atoms with Crippen LogP contribution in [0.15, 0.2) is 60.0 Å². The maximum Gasteiger partial charge on any atom is 0.255 e. The van der Waals surface area contributed by atoms with Crippen LogP contribution in [0.3, 0.4) is 0 Å². The Labute approximate surface area is 169 Å². The summed E-state index contributed by atoms with van der Waals surface area (Å²) >= 11 is 1.62. The van der Waals surface area contributed by atoms with Gasteiger partial charge >= 0.3 is 0 Å².